The highest BCUT2D eigenvalue weighted by molar-refractivity contribution is 8.14. The molecule has 12 heteroatoms. The molecule has 392 valence electrons. The number of benzene rings is 2. The SMILES string of the molecule is CC(C)(C)c1cc2c(s1)CCC(Cc1ccccc1)C21CCSC(N)=N1.CC1=NC2(CCCc3sc(C(C)(C)C)cc32)CCS1.COc1ccc(CC2CCc3sc(C(C)(C)C)cc3C23CCSC(N)=N3)cc1. The van der Waals surface area contributed by atoms with E-state index in [1.807, 2.05) is 45.8 Å². The molecule has 4 N–H and O–H groups in total. The van der Waals surface area contributed by atoms with Gasteiger partial charge in [-0.3, -0.25) is 15.0 Å². The molecule has 0 amide bonds. The van der Waals surface area contributed by atoms with Gasteiger partial charge in [0.15, 0.2) is 10.3 Å². The lowest BCUT2D eigenvalue weighted by Crippen LogP contribution is -2.42. The number of thioether (sulfide) groups is 3. The number of aryl methyl sites for hydroxylation is 3. The third kappa shape index (κ3) is 11.8. The minimum Gasteiger partial charge on any atom is -0.497 e. The monoisotopic (exact) mass is 1090 g/mol. The van der Waals surface area contributed by atoms with Gasteiger partial charge in [0.05, 0.1) is 28.8 Å². The van der Waals surface area contributed by atoms with Crippen LogP contribution in [0.15, 0.2) is 87.8 Å². The molecule has 0 radical (unpaired) electrons. The molecular weight excluding hydrogens is 1010 g/mol. The zero-order valence-corrected chi connectivity index (χ0v) is 50.4. The van der Waals surface area contributed by atoms with Gasteiger partial charge in [-0.2, -0.15) is 0 Å². The molecule has 3 aliphatic carbocycles. The van der Waals surface area contributed by atoms with E-state index in [4.69, 9.17) is 31.2 Å². The van der Waals surface area contributed by atoms with Crippen LogP contribution in [0.2, 0.25) is 0 Å². The van der Waals surface area contributed by atoms with Crippen molar-refractivity contribution >= 4 is 84.7 Å². The third-order valence-electron chi connectivity index (χ3n) is 16.1. The topological polar surface area (TPSA) is 98.3 Å². The van der Waals surface area contributed by atoms with E-state index in [1.165, 1.54) is 97.5 Å². The highest BCUT2D eigenvalue weighted by Gasteiger charge is 2.49. The van der Waals surface area contributed by atoms with Crippen LogP contribution in [-0.4, -0.2) is 39.7 Å². The number of hydrogen-bond donors (Lipinski definition) is 2. The average Bonchev–Trinajstić information content (AvgIpc) is 4.12. The van der Waals surface area contributed by atoms with Crippen molar-refractivity contribution in [3.05, 3.63) is 130 Å². The van der Waals surface area contributed by atoms with Gasteiger partial charge in [-0.05, 0) is 170 Å². The summed E-state index contributed by atoms with van der Waals surface area (Å²) in [6.07, 6.45) is 14.0. The first-order valence-corrected chi connectivity index (χ1v) is 32.2. The highest BCUT2D eigenvalue weighted by atomic mass is 32.2. The maximum absolute atomic E-state index is 6.28. The quantitative estimate of drug-likeness (QED) is 0.182. The Morgan fingerprint density at radius 3 is 1.45 bits per heavy atom. The molecule has 6 aliphatic rings. The van der Waals surface area contributed by atoms with E-state index in [0.29, 0.717) is 11.8 Å². The minimum absolute atomic E-state index is 0.126. The van der Waals surface area contributed by atoms with Crippen LogP contribution in [0.25, 0.3) is 0 Å². The lowest BCUT2D eigenvalue weighted by molar-refractivity contribution is 0.234. The second-order valence-electron chi connectivity index (χ2n) is 24.4. The summed E-state index contributed by atoms with van der Waals surface area (Å²) in [6.45, 7) is 23.0. The number of thiophene rings is 3. The molecule has 11 rings (SSSR count). The van der Waals surface area contributed by atoms with Crippen molar-refractivity contribution in [1.29, 1.82) is 0 Å². The molecule has 73 heavy (non-hydrogen) atoms. The van der Waals surface area contributed by atoms with Crippen LogP contribution < -0.4 is 16.2 Å². The largest absolute Gasteiger partial charge is 0.497 e. The van der Waals surface area contributed by atoms with Gasteiger partial charge in [0.25, 0.3) is 0 Å². The number of nitrogens with two attached hydrogens (primary N) is 2. The van der Waals surface area contributed by atoms with Gasteiger partial charge < -0.3 is 16.2 Å². The molecular formula is C61H81N5OS6. The van der Waals surface area contributed by atoms with Crippen LogP contribution in [0, 0.1) is 11.8 Å². The third-order valence-corrected chi connectivity index (χ3v) is 23.5. The molecule has 3 spiro atoms. The summed E-state index contributed by atoms with van der Waals surface area (Å²) in [5.41, 5.74) is 20.3. The van der Waals surface area contributed by atoms with Gasteiger partial charge in [0.2, 0.25) is 0 Å². The van der Waals surface area contributed by atoms with Crippen molar-refractivity contribution in [2.24, 2.45) is 38.3 Å². The van der Waals surface area contributed by atoms with Crippen molar-refractivity contribution in [3.63, 3.8) is 0 Å². The maximum Gasteiger partial charge on any atom is 0.154 e. The number of hydrogen-bond acceptors (Lipinski definition) is 12. The molecule has 0 bridgehead atoms. The first kappa shape index (κ1) is 54.8. The van der Waals surface area contributed by atoms with E-state index in [2.05, 4.69) is 142 Å². The number of fused-ring (bicyclic) bond motifs is 6. The Hall–Kier alpha value is -3.00. The molecule has 6 nitrogen and oxygen atoms in total. The summed E-state index contributed by atoms with van der Waals surface area (Å²) in [6, 6.07) is 26.8. The Morgan fingerprint density at radius 2 is 1.00 bits per heavy atom. The number of aliphatic imine (C=N–C) groups is 3. The fourth-order valence-corrected chi connectivity index (χ4v) is 18.7. The molecule has 3 aromatic heterocycles. The van der Waals surface area contributed by atoms with Crippen LogP contribution in [-0.2, 0) is 65.0 Å². The van der Waals surface area contributed by atoms with E-state index in [0.717, 1.165) is 59.7 Å². The smallest absolute Gasteiger partial charge is 0.154 e. The average molecular weight is 1090 g/mol. The summed E-state index contributed by atoms with van der Waals surface area (Å²) in [4.78, 5) is 24.6. The molecule has 2 aromatic carbocycles. The normalized spacial score (nSPS) is 25.8. The van der Waals surface area contributed by atoms with Gasteiger partial charge >= 0.3 is 0 Å². The number of methoxy groups -OCH3 is 1. The standard InChI is InChI=1S/C23H30N2OS2.C22H28N2S2.C16H23NS2/c1-22(2,3)20-14-18-19(28-20)10-7-16(23(18)11-12-27-21(24)25-23)13-15-5-8-17(26-4)9-6-15;1-21(2,3)19-14-17-18(26-19)10-9-16(13-15-7-5-4-6-8-15)22(17)11-12-25-20(23)24-22;1-11-17-16(8-9-18-11)7-5-6-13-12(16)10-14(19-13)15(2,3)4/h5-6,8-9,14,16H,7,10-13H2,1-4H3,(H2,24,25);4-8,14,16H,9-13H2,1-3H3,(H2,23,24);10H,5-9H2,1-4H3. The number of ether oxygens (including phenoxy) is 1. The van der Waals surface area contributed by atoms with Crippen LogP contribution >= 0.6 is 69.3 Å². The van der Waals surface area contributed by atoms with Gasteiger partial charge in [-0.1, -0.05) is 128 Å². The minimum atomic E-state index is -0.164. The molecule has 5 unspecified atom stereocenters. The summed E-state index contributed by atoms with van der Waals surface area (Å²) in [7, 11) is 1.72. The predicted octanol–water partition coefficient (Wildman–Crippen LogP) is 16.1. The van der Waals surface area contributed by atoms with Crippen LogP contribution in [0.5, 0.6) is 5.75 Å². The van der Waals surface area contributed by atoms with Crippen molar-refractivity contribution in [1.82, 2.24) is 0 Å². The summed E-state index contributed by atoms with van der Waals surface area (Å²) in [5.74, 6) is 5.27. The number of amidine groups is 2. The van der Waals surface area contributed by atoms with Gasteiger partial charge in [-0.15, -0.1) is 45.8 Å². The Bertz CT molecular complexity index is 2820. The van der Waals surface area contributed by atoms with E-state index < -0.39 is 0 Å². The fourth-order valence-electron chi connectivity index (χ4n) is 12.1. The molecule has 3 aliphatic heterocycles. The van der Waals surface area contributed by atoms with E-state index in [-0.39, 0.29) is 32.9 Å². The van der Waals surface area contributed by atoms with Crippen molar-refractivity contribution in [3.8, 4) is 5.75 Å². The summed E-state index contributed by atoms with van der Waals surface area (Å²) >= 11 is 11.4. The van der Waals surface area contributed by atoms with Crippen LogP contribution in [0.1, 0.15) is 171 Å². The lowest BCUT2D eigenvalue weighted by Gasteiger charge is -2.43. The number of nitrogens with zero attached hydrogens (tertiary/aromatic N) is 3. The van der Waals surface area contributed by atoms with Crippen molar-refractivity contribution in [2.75, 3.05) is 24.4 Å². The molecule has 6 heterocycles. The van der Waals surface area contributed by atoms with Crippen molar-refractivity contribution in [2.45, 2.75) is 179 Å². The predicted molar refractivity (Wildman–Crippen MR) is 325 cm³/mol. The second kappa shape index (κ2) is 21.8. The molecule has 5 aromatic rings. The molecule has 5 atom stereocenters. The number of rotatable bonds is 5. The van der Waals surface area contributed by atoms with Crippen molar-refractivity contribution < 1.29 is 4.74 Å². The summed E-state index contributed by atoms with van der Waals surface area (Å²) < 4.78 is 5.32. The first-order valence-electron chi connectivity index (χ1n) is 26.8. The van der Waals surface area contributed by atoms with E-state index in [9.17, 15) is 0 Å². The van der Waals surface area contributed by atoms with E-state index in [1.54, 1.807) is 46.0 Å². The lowest BCUT2D eigenvalue weighted by atomic mass is 9.68. The zero-order chi connectivity index (χ0) is 52.0. The maximum atomic E-state index is 6.28. The molecule has 0 fully saturated rings. The van der Waals surface area contributed by atoms with E-state index >= 15 is 0 Å². The molecule has 0 saturated carbocycles. The highest BCUT2D eigenvalue weighted by Crippen LogP contribution is 2.55. The zero-order valence-electron chi connectivity index (χ0n) is 45.5. The van der Waals surface area contributed by atoms with Crippen LogP contribution in [0.4, 0.5) is 0 Å². The fraction of sp³-hybridized carbons (Fsp3) is 0.557. The second-order valence-corrected chi connectivity index (χ2v) is 31.3. The molecule has 0 saturated heterocycles. The van der Waals surface area contributed by atoms with Gasteiger partial charge in [-0.25, -0.2) is 0 Å². The van der Waals surface area contributed by atoms with Gasteiger partial charge in [0.1, 0.15) is 5.75 Å². The van der Waals surface area contributed by atoms with Crippen LogP contribution in [0.3, 0.4) is 0 Å². The Kier molecular flexibility index (Phi) is 16.4. The first-order chi connectivity index (χ1) is 34.6. The summed E-state index contributed by atoms with van der Waals surface area (Å²) in [5, 5.41) is 2.80. The Balaban J connectivity index is 0.000000137. The Labute approximate surface area is 463 Å². The van der Waals surface area contributed by atoms with Gasteiger partial charge in [0, 0.05) is 46.5 Å². The Morgan fingerprint density at radius 1 is 0.548 bits per heavy atom.